The summed E-state index contributed by atoms with van der Waals surface area (Å²) in [4.78, 5) is 39.2. The standard InChI is InChI=1S/C16H12IN3O3/c17-11-6-2-4-8-13(11)18-14(21)9-20-15(22)10-5-1-3-7-12(10)19-16(20)23/h1-8H,9H2,(H,18,21)(H,19,23). The number of benzene rings is 2. The smallest absolute Gasteiger partial charge is 0.324 e. The lowest BCUT2D eigenvalue weighted by atomic mass is 10.2. The highest BCUT2D eigenvalue weighted by atomic mass is 127. The fraction of sp³-hybridized carbons (Fsp3) is 0.0625. The number of nitrogens with zero attached hydrogens (tertiary/aromatic N) is 1. The van der Waals surface area contributed by atoms with E-state index < -0.39 is 17.2 Å². The van der Waals surface area contributed by atoms with E-state index in [9.17, 15) is 14.4 Å². The number of H-pyrrole nitrogens is 1. The normalized spacial score (nSPS) is 10.7. The molecule has 2 aromatic carbocycles. The molecule has 0 unspecified atom stereocenters. The summed E-state index contributed by atoms with van der Waals surface area (Å²) in [5.41, 5.74) is 0.00833. The number of nitrogens with one attached hydrogen (secondary N) is 2. The van der Waals surface area contributed by atoms with E-state index in [2.05, 4.69) is 32.9 Å². The minimum atomic E-state index is -0.605. The SMILES string of the molecule is O=C(Cn1c(=O)[nH]c2ccccc2c1=O)Nc1ccccc1I. The van der Waals surface area contributed by atoms with Crippen LogP contribution in [0.15, 0.2) is 58.1 Å². The van der Waals surface area contributed by atoms with Crippen LogP contribution < -0.4 is 16.6 Å². The summed E-state index contributed by atoms with van der Waals surface area (Å²) < 4.78 is 1.77. The predicted molar refractivity (Wildman–Crippen MR) is 96.6 cm³/mol. The van der Waals surface area contributed by atoms with Crippen LogP contribution in [-0.4, -0.2) is 15.5 Å². The third kappa shape index (κ3) is 3.19. The molecule has 2 N–H and O–H groups in total. The summed E-state index contributed by atoms with van der Waals surface area (Å²) in [6, 6.07) is 14.0. The zero-order valence-electron chi connectivity index (χ0n) is 11.9. The average Bonchev–Trinajstić information content (AvgIpc) is 2.54. The minimum Gasteiger partial charge on any atom is -0.324 e. The van der Waals surface area contributed by atoms with E-state index in [4.69, 9.17) is 0 Å². The van der Waals surface area contributed by atoms with Crippen molar-refractivity contribution in [2.24, 2.45) is 0 Å². The third-order valence-electron chi connectivity index (χ3n) is 3.34. The Labute approximate surface area is 144 Å². The maximum absolute atomic E-state index is 12.4. The molecule has 1 heterocycles. The molecule has 0 saturated carbocycles. The number of carbonyl (C=O) groups excluding carboxylic acids is 1. The van der Waals surface area contributed by atoms with Crippen molar-refractivity contribution in [3.63, 3.8) is 0 Å². The fourth-order valence-electron chi connectivity index (χ4n) is 2.24. The Morgan fingerprint density at radius 1 is 1.09 bits per heavy atom. The van der Waals surface area contributed by atoms with Crippen molar-refractivity contribution in [3.8, 4) is 0 Å². The molecular weight excluding hydrogens is 409 g/mol. The van der Waals surface area contributed by atoms with Gasteiger partial charge in [-0.1, -0.05) is 24.3 Å². The van der Waals surface area contributed by atoms with Gasteiger partial charge in [-0.3, -0.25) is 14.2 Å². The van der Waals surface area contributed by atoms with Gasteiger partial charge < -0.3 is 10.3 Å². The van der Waals surface area contributed by atoms with Gasteiger partial charge in [0.05, 0.1) is 16.6 Å². The number of hydrogen-bond donors (Lipinski definition) is 2. The van der Waals surface area contributed by atoms with E-state index in [1.807, 2.05) is 12.1 Å². The van der Waals surface area contributed by atoms with Gasteiger partial charge in [0, 0.05) is 3.57 Å². The van der Waals surface area contributed by atoms with Crippen LogP contribution in [0.4, 0.5) is 5.69 Å². The van der Waals surface area contributed by atoms with Crippen LogP contribution in [0.1, 0.15) is 0 Å². The predicted octanol–water partition coefficient (Wildman–Crippen LogP) is 1.93. The topological polar surface area (TPSA) is 84.0 Å². The monoisotopic (exact) mass is 421 g/mol. The third-order valence-corrected chi connectivity index (χ3v) is 4.28. The van der Waals surface area contributed by atoms with Crippen molar-refractivity contribution < 1.29 is 4.79 Å². The van der Waals surface area contributed by atoms with Crippen molar-refractivity contribution in [1.82, 2.24) is 9.55 Å². The van der Waals surface area contributed by atoms with Crippen molar-refractivity contribution in [2.75, 3.05) is 5.32 Å². The lowest BCUT2D eigenvalue weighted by Gasteiger charge is -2.09. The first-order valence-electron chi connectivity index (χ1n) is 6.82. The lowest BCUT2D eigenvalue weighted by molar-refractivity contribution is -0.116. The molecule has 0 bridgehead atoms. The van der Waals surface area contributed by atoms with Crippen molar-refractivity contribution in [2.45, 2.75) is 6.54 Å². The van der Waals surface area contributed by atoms with Crippen LogP contribution in [0.2, 0.25) is 0 Å². The Hall–Kier alpha value is -2.42. The number of aromatic amines is 1. The van der Waals surface area contributed by atoms with Crippen molar-refractivity contribution in [1.29, 1.82) is 0 Å². The van der Waals surface area contributed by atoms with Gasteiger partial charge in [-0.15, -0.1) is 0 Å². The number of anilines is 1. The van der Waals surface area contributed by atoms with Gasteiger partial charge in [0.15, 0.2) is 0 Å². The van der Waals surface area contributed by atoms with Crippen LogP contribution in [0.3, 0.4) is 0 Å². The first kappa shape index (κ1) is 15.5. The molecule has 0 atom stereocenters. The molecular formula is C16H12IN3O3. The van der Waals surface area contributed by atoms with Gasteiger partial charge in [0.25, 0.3) is 5.56 Å². The number of aromatic nitrogens is 2. The molecule has 116 valence electrons. The second kappa shape index (κ2) is 6.37. The Morgan fingerprint density at radius 3 is 2.57 bits per heavy atom. The van der Waals surface area contributed by atoms with E-state index in [1.54, 1.807) is 36.4 Å². The van der Waals surface area contributed by atoms with E-state index >= 15 is 0 Å². The fourth-order valence-corrected chi connectivity index (χ4v) is 2.76. The van der Waals surface area contributed by atoms with E-state index in [-0.39, 0.29) is 6.54 Å². The van der Waals surface area contributed by atoms with Gasteiger partial charge in [-0.2, -0.15) is 0 Å². The molecule has 0 aliphatic carbocycles. The van der Waals surface area contributed by atoms with E-state index in [0.29, 0.717) is 16.6 Å². The average molecular weight is 421 g/mol. The zero-order chi connectivity index (χ0) is 16.4. The Morgan fingerprint density at radius 2 is 1.78 bits per heavy atom. The molecule has 3 aromatic rings. The van der Waals surface area contributed by atoms with Gasteiger partial charge >= 0.3 is 5.69 Å². The molecule has 0 aliphatic rings. The number of carbonyl (C=O) groups is 1. The highest BCUT2D eigenvalue weighted by molar-refractivity contribution is 14.1. The highest BCUT2D eigenvalue weighted by Gasteiger charge is 2.12. The number of amides is 1. The molecule has 6 nitrogen and oxygen atoms in total. The van der Waals surface area contributed by atoms with E-state index in [0.717, 1.165) is 8.14 Å². The molecule has 1 amide bonds. The Balaban J connectivity index is 1.93. The zero-order valence-corrected chi connectivity index (χ0v) is 14.0. The summed E-state index contributed by atoms with van der Waals surface area (Å²) in [6.45, 7) is -0.343. The molecule has 1 aromatic heterocycles. The second-order valence-electron chi connectivity index (χ2n) is 4.90. The quantitative estimate of drug-likeness (QED) is 0.635. The molecule has 3 rings (SSSR count). The van der Waals surface area contributed by atoms with Crippen LogP contribution in [0.5, 0.6) is 0 Å². The Bertz CT molecular complexity index is 1010. The summed E-state index contributed by atoms with van der Waals surface area (Å²) in [5.74, 6) is -0.433. The molecule has 0 radical (unpaired) electrons. The first-order valence-corrected chi connectivity index (χ1v) is 7.90. The molecule has 23 heavy (non-hydrogen) atoms. The van der Waals surface area contributed by atoms with Crippen LogP contribution in [0, 0.1) is 3.57 Å². The van der Waals surface area contributed by atoms with Crippen molar-refractivity contribution in [3.05, 3.63) is 72.9 Å². The first-order chi connectivity index (χ1) is 11.1. The number of rotatable bonds is 3. The largest absolute Gasteiger partial charge is 0.329 e. The number of halogens is 1. The Kier molecular flexibility index (Phi) is 4.28. The number of hydrogen-bond acceptors (Lipinski definition) is 3. The molecule has 0 fully saturated rings. The van der Waals surface area contributed by atoms with Gasteiger partial charge in [0.1, 0.15) is 6.54 Å². The summed E-state index contributed by atoms with van der Waals surface area (Å²) in [7, 11) is 0. The summed E-state index contributed by atoms with van der Waals surface area (Å²) in [5, 5.41) is 3.07. The maximum atomic E-state index is 12.4. The highest BCUT2D eigenvalue weighted by Crippen LogP contribution is 2.16. The van der Waals surface area contributed by atoms with Crippen molar-refractivity contribution >= 4 is 45.1 Å². The second-order valence-corrected chi connectivity index (χ2v) is 6.06. The molecule has 0 saturated heterocycles. The lowest BCUT2D eigenvalue weighted by Crippen LogP contribution is -2.38. The summed E-state index contributed by atoms with van der Waals surface area (Å²) in [6.07, 6.45) is 0. The maximum Gasteiger partial charge on any atom is 0.329 e. The number of para-hydroxylation sites is 2. The summed E-state index contributed by atoms with van der Waals surface area (Å²) >= 11 is 2.10. The molecule has 0 aliphatic heterocycles. The minimum absolute atomic E-state index is 0.343. The van der Waals surface area contributed by atoms with Gasteiger partial charge in [-0.25, -0.2) is 4.79 Å². The van der Waals surface area contributed by atoms with Crippen LogP contribution in [0.25, 0.3) is 10.9 Å². The van der Waals surface area contributed by atoms with Gasteiger partial charge in [-0.05, 0) is 46.9 Å². The number of fused-ring (bicyclic) bond motifs is 1. The molecule has 0 spiro atoms. The van der Waals surface area contributed by atoms with E-state index in [1.165, 1.54) is 0 Å². The van der Waals surface area contributed by atoms with Crippen LogP contribution in [-0.2, 0) is 11.3 Å². The molecule has 7 heteroatoms. The van der Waals surface area contributed by atoms with Gasteiger partial charge in [0.2, 0.25) is 5.91 Å². The van der Waals surface area contributed by atoms with Crippen LogP contribution >= 0.6 is 22.6 Å².